The largest absolute Gasteiger partial charge is 0.504 e. The number of aryl methyl sites for hydroxylation is 2. The molecule has 2 aromatic rings. The van der Waals surface area contributed by atoms with E-state index in [-0.39, 0.29) is 9.79 Å². The Morgan fingerprint density at radius 2 is 1.39 bits per heavy atom. The van der Waals surface area contributed by atoms with Crippen molar-refractivity contribution < 1.29 is 21.6 Å². The molecule has 0 aliphatic carbocycles. The molecule has 0 N–H and O–H groups in total. The maximum Gasteiger partial charge on any atom is 0.504 e. The van der Waals surface area contributed by atoms with Gasteiger partial charge in [0, 0.05) is 0 Å². The van der Waals surface area contributed by atoms with Crippen molar-refractivity contribution in [2.75, 3.05) is 0 Å². The van der Waals surface area contributed by atoms with Crippen LogP contribution in [0.4, 0.5) is 0 Å². The lowest BCUT2D eigenvalue weighted by molar-refractivity contribution is 0.00379. The summed E-state index contributed by atoms with van der Waals surface area (Å²) in [6, 6.07) is 9.08. The summed E-state index contributed by atoms with van der Waals surface area (Å²) in [6.45, 7) is 7.27. The van der Waals surface area contributed by atoms with Crippen molar-refractivity contribution in [3.8, 4) is 0 Å². The molecule has 0 unspecified atom stereocenters. The van der Waals surface area contributed by atoms with Crippen LogP contribution in [0, 0.1) is 6.92 Å². The van der Waals surface area contributed by atoms with E-state index in [4.69, 9.17) is 0 Å². The van der Waals surface area contributed by atoms with Crippen LogP contribution in [0.3, 0.4) is 0 Å². The minimum absolute atomic E-state index is 0.131. The highest BCUT2D eigenvalue weighted by Gasteiger charge is 2.45. The molecule has 0 spiro atoms. The van der Waals surface area contributed by atoms with Crippen LogP contribution in [0.25, 0.3) is 5.53 Å². The number of rotatable bonds is 5. The zero-order chi connectivity index (χ0) is 21.1. The SMILES string of the molecule is CCc1ccc(S(=O)(=O)C(=[N+]=[N-])S(=O)(=O)c2ccccc2C)c(CC)c1CC. The van der Waals surface area contributed by atoms with Crippen molar-refractivity contribution in [1.29, 1.82) is 0 Å². The second kappa shape index (κ2) is 8.39. The van der Waals surface area contributed by atoms with E-state index < -0.39 is 24.1 Å². The van der Waals surface area contributed by atoms with Crippen LogP contribution in [0.15, 0.2) is 46.2 Å². The van der Waals surface area contributed by atoms with Gasteiger partial charge in [0.15, 0.2) is 0 Å². The number of hydrogen-bond acceptors (Lipinski definition) is 4. The van der Waals surface area contributed by atoms with E-state index >= 15 is 0 Å². The standard InChI is InChI=1S/C20H24N2O4S2/c1-5-15-12-13-19(17(7-3)16(15)6-2)28(25,26)20(22-21)27(23,24)18-11-9-8-10-14(18)4/h8-13H,5-7H2,1-4H3. The summed E-state index contributed by atoms with van der Waals surface area (Å²) in [7, 11) is -9.10. The molecule has 0 heterocycles. The van der Waals surface area contributed by atoms with Crippen molar-refractivity contribution in [2.45, 2.75) is 56.7 Å². The highest BCUT2D eigenvalue weighted by molar-refractivity contribution is 8.31. The normalized spacial score (nSPS) is 11.9. The number of nitrogens with zero attached hydrogens (tertiary/aromatic N) is 2. The van der Waals surface area contributed by atoms with Crippen molar-refractivity contribution in [1.82, 2.24) is 0 Å². The third kappa shape index (κ3) is 3.68. The summed E-state index contributed by atoms with van der Waals surface area (Å²) >= 11 is 0. The predicted molar refractivity (Wildman–Crippen MR) is 109 cm³/mol. The minimum atomic E-state index is -4.56. The highest BCUT2D eigenvalue weighted by atomic mass is 32.3. The summed E-state index contributed by atoms with van der Waals surface area (Å²) in [4.78, 5) is 2.41. The van der Waals surface area contributed by atoms with Gasteiger partial charge >= 0.3 is 4.38 Å². The Hall–Kier alpha value is -2.28. The molecule has 0 atom stereocenters. The van der Waals surface area contributed by atoms with Gasteiger partial charge in [-0.3, -0.25) is 0 Å². The first-order chi connectivity index (χ1) is 13.2. The molecule has 28 heavy (non-hydrogen) atoms. The number of sulfone groups is 2. The van der Waals surface area contributed by atoms with Gasteiger partial charge in [0.05, 0.1) is 9.79 Å². The first-order valence-corrected chi connectivity index (χ1v) is 12.0. The van der Waals surface area contributed by atoms with Crippen LogP contribution in [0.2, 0.25) is 0 Å². The quantitative estimate of drug-likeness (QED) is 0.319. The smallest absolute Gasteiger partial charge is 0.359 e. The zero-order valence-corrected chi connectivity index (χ0v) is 18.1. The van der Waals surface area contributed by atoms with Crippen LogP contribution in [-0.2, 0) is 38.9 Å². The fourth-order valence-corrected chi connectivity index (χ4v) is 7.30. The monoisotopic (exact) mass is 420 g/mol. The maximum atomic E-state index is 13.3. The Labute approximate surface area is 166 Å². The first-order valence-electron chi connectivity index (χ1n) is 9.08. The molecule has 2 rings (SSSR count). The van der Waals surface area contributed by atoms with Crippen LogP contribution in [-0.4, -0.2) is 26.0 Å². The summed E-state index contributed by atoms with van der Waals surface area (Å²) < 4.78 is 51.3. The van der Waals surface area contributed by atoms with Crippen molar-refractivity contribution in [3.05, 3.63) is 64.2 Å². The van der Waals surface area contributed by atoms with E-state index in [0.29, 0.717) is 24.0 Å². The molecule has 0 saturated carbocycles. The van der Waals surface area contributed by atoms with Crippen LogP contribution < -0.4 is 0 Å². The Balaban J connectivity index is 2.80. The molecule has 0 aliphatic rings. The van der Waals surface area contributed by atoms with E-state index in [1.54, 1.807) is 25.1 Å². The summed E-state index contributed by atoms with van der Waals surface area (Å²) in [5, 5.41) is 0. The molecule has 0 radical (unpaired) electrons. The average molecular weight is 421 g/mol. The molecular weight excluding hydrogens is 396 g/mol. The lowest BCUT2D eigenvalue weighted by Gasteiger charge is -2.15. The van der Waals surface area contributed by atoms with Gasteiger partial charge < -0.3 is 5.53 Å². The fourth-order valence-electron chi connectivity index (χ4n) is 3.43. The van der Waals surface area contributed by atoms with Crippen LogP contribution in [0.5, 0.6) is 0 Å². The molecule has 0 aromatic heterocycles. The van der Waals surface area contributed by atoms with Crippen molar-refractivity contribution in [2.24, 2.45) is 0 Å². The van der Waals surface area contributed by atoms with Gasteiger partial charge in [-0.15, -0.1) is 4.79 Å². The van der Waals surface area contributed by atoms with Crippen molar-refractivity contribution >= 4 is 24.1 Å². The number of hydrogen-bond donors (Lipinski definition) is 0. The molecule has 0 saturated heterocycles. The Bertz CT molecular complexity index is 1160. The molecule has 0 amide bonds. The lowest BCUT2D eigenvalue weighted by Crippen LogP contribution is -2.28. The fraction of sp³-hybridized carbons (Fsp3) is 0.350. The predicted octanol–water partition coefficient (Wildman–Crippen LogP) is 3.52. The van der Waals surface area contributed by atoms with Crippen LogP contribution >= 0.6 is 0 Å². The first kappa shape index (κ1) is 22.0. The van der Waals surface area contributed by atoms with Gasteiger partial charge in [-0.25, -0.2) is 16.8 Å². The Kier molecular flexibility index (Phi) is 6.59. The van der Waals surface area contributed by atoms with E-state index in [9.17, 15) is 22.4 Å². The second-order valence-corrected chi connectivity index (χ2v) is 10.3. The highest BCUT2D eigenvalue weighted by Crippen LogP contribution is 2.29. The van der Waals surface area contributed by atoms with E-state index in [0.717, 1.165) is 17.5 Å². The van der Waals surface area contributed by atoms with Crippen molar-refractivity contribution in [3.63, 3.8) is 0 Å². The molecule has 0 fully saturated rings. The van der Waals surface area contributed by atoms with Gasteiger partial charge in [0.25, 0.3) is 19.7 Å². The zero-order valence-electron chi connectivity index (χ0n) is 16.4. The second-order valence-electron chi connectivity index (χ2n) is 6.38. The third-order valence-electron chi connectivity index (χ3n) is 4.79. The molecule has 0 bridgehead atoms. The maximum absolute atomic E-state index is 13.3. The average Bonchev–Trinajstić information content (AvgIpc) is 2.66. The summed E-state index contributed by atoms with van der Waals surface area (Å²) in [6.07, 6.45) is 1.76. The van der Waals surface area contributed by atoms with Gasteiger partial charge in [-0.1, -0.05) is 45.0 Å². The lowest BCUT2D eigenvalue weighted by atomic mass is 9.96. The Morgan fingerprint density at radius 3 is 1.89 bits per heavy atom. The topological polar surface area (TPSA) is 105 Å². The minimum Gasteiger partial charge on any atom is -0.359 e. The van der Waals surface area contributed by atoms with E-state index in [1.165, 1.54) is 18.2 Å². The molecule has 6 nitrogen and oxygen atoms in total. The van der Waals surface area contributed by atoms with Gasteiger partial charge in [-0.05, 0) is 60.6 Å². The van der Waals surface area contributed by atoms with Gasteiger partial charge in [0.1, 0.15) is 0 Å². The van der Waals surface area contributed by atoms with E-state index in [2.05, 4.69) is 4.79 Å². The molecule has 150 valence electrons. The Morgan fingerprint density at radius 1 is 0.821 bits per heavy atom. The molecule has 2 aromatic carbocycles. The van der Waals surface area contributed by atoms with Crippen LogP contribution in [0.1, 0.15) is 43.0 Å². The third-order valence-corrected chi connectivity index (χ3v) is 9.19. The van der Waals surface area contributed by atoms with Gasteiger partial charge in [-0.2, -0.15) is 0 Å². The summed E-state index contributed by atoms with van der Waals surface area (Å²) in [5.41, 5.74) is 12.3. The summed E-state index contributed by atoms with van der Waals surface area (Å²) in [5.74, 6) is 0. The van der Waals surface area contributed by atoms with Gasteiger partial charge in [0.2, 0.25) is 0 Å². The molecule has 8 heteroatoms. The number of benzene rings is 2. The van der Waals surface area contributed by atoms with E-state index in [1.807, 2.05) is 20.8 Å². The molecular formula is C20H24N2O4S2. The molecule has 0 aliphatic heterocycles.